The lowest BCUT2D eigenvalue weighted by Crippen LogP contribution is -2.18. The van der Waals surface area contributed by atoms with E-state index in [0.717, 1.165) is 0 Å². The van der Waals surface area contributed by atoms with Crippen LogP contribution in [-0.2, 0) is 14.3 Å². The SMILES string of the molecule is COC(=O)CC(=O)Nc1ccccc1OCC(C)C. The third kappa shape index (κ3) is 5.42. The number of methoxy groups -OCH3 is 1. The number of hydrogen-bond donors (Lipinski definition) is 1. The molecule has 19 heavy (non-hydrogen) atoms. The van der Waals surface area contributed by atoms with Gasteiger partial charge in [-0.05, 0) is 18.1 Å². The number of benzene rings is 1. The molecule has 0 aromatic heterocycles. The molecule has 0 aliphatic heterocycles. The van der Waals surface area contributed by atoms with Crippen molar-refractivity contribution in [1.29, 1.82) is 0 Å². The molecule has 0 aliphatic carbocycles. The van der Waals surface area contributed by atoms with Crippen molar-refractivity contribution < 1.29 is 19.1 Å². The van der Waals surface area contributed by atoms with Crippen molar-refractivity contribution in [2.45, 2.75) is 20.3 Å². The van der Waals surface area contributed by atoms with Gasteiger partial charge in [-0.25, -0.2) is 0 Å². The van der Waals surface area contributed by atoms with Gasteiger partial charge >= 0.3 is 5.97 Å². The lowest BCUT2D eigenvalue weighted by molar-refractivity contribution is -0.142. The highest BCUT2D eigenvalue weighted by Crippen LogP contribution is 2.24. The van der Waals surface area contributed by atoms with Crippen molar-refractivity contribution in [2.75, 3.05) is 19.0 Å². The van der Waals surface area contributed by atoms with E-state index < -0.39 is 11.9 Å². The Balaban J connectivity index is 2.66. The maximum Gasteiger partial charge on any atom is 0.315 e. The Hall–Kier alpha value is -2.04. The summed E-state index contributed by atoms with van der Waals surface area (Å²) in [6.45, 7) is 4.64. The van der Waals surface area contributed by atoms with Gasteiger partial charge in [-0.3, -0.25) is 9.59 Å². The number of rotatable bonds is 6. The first-order valence-corrected chi connectivity index (χ1v) is 6.11. The van der Waals surface area contributed by atoms with Crippen LogP contribution in [-0.4, -0.2) is 25.6 Å². The van der Waals surface area contributed by atoms with E-state index in [1.54, 1.807) is 18.2 Å². The van der Waals surface area contributed by atoms with E-state index in [1.807, 2.05) is 19.9 Å². The largest absolute Gasteiger partial charge is 0.491 e. The third-order valence-electron chi connectivity index (χ3n) is 2.27. The highest BCUT2D eigenvalue weighted by molar-refractivity contribution is 6.02. The second-order valence-electron chi connectivity index (χ2n) is 4.50. The van der Waals surface area contributed by atoms with Crippen LogP contribution in [0.2, 0.25) is 0 Å². The molecule has 5 nitrogen and oxygen atoms in total. The Bertz CT molecular complexity index is 443. The average Bonchev–Trinajstić information content (AvgIpc) is 2.37. The van der Waals surface area contributed by atoms with E-state index in [-0.39, 0.29) is 6.42 Å². The van der Waals surface area contributed by atoms with Crippen molar-refractivity contribution in [3.63, 3.8) is 0 Å². The summed E-state index contributed by atoms with van der Waals surface area (Å²) in [7, 11) is 1.25. The van der Waals surface area contributed by atoms with Crippen LogP contribution in [0.1, 0.15) is 20.3 Å². The molecule has 0 atom stereocenters. The number of ether oxygens (including phenoxy) is 2. The zero-order valence-corrected chi connectivity index (χ0v) is 11.4. The smallest absolute Gasteiger partial charge is 0.315 e. The highest BCUT2D eigenvalue weighted by atomic mass is 16.5. The first-order chi connectivity index (χ1) is 9.02. The quantitative estimate of drug-likeness (QED) is 0.632. The van der Waals surface area contributed by atoms with Crippen LogP contribution >= 0.6 is 0 Å². The fourth-order valence-corrected chi connectivity index (χ4v) is 1.35. The summed E-state index contributed by atoms with van der Waals surface area (Å²) in [5.74, 6) is -0.0150. The molecule has 0 unspecified atom stereocenters. The van der Waals surface area contributed by atoms with Crippen molar-refractivity contribution >= 4 is 17.6 Å². The Morgan fingerprint density at radius 1 is 1.26 bits per heavy atom. The molecule has 1 N–H and O–H groups in total. The zero-order chi connectivity index (χ0) is 14.3. The van der Waals surface area contributed by atoms with Gasteiger partial charge in [0.15, 0.2) is 0 Å². The summed E-state index contributed by atoms with van der Waals surface area (Å²) >= 11 is 0. The van der Waals surface area contributed by atoms with Crippen LogP contribution in [0.5, 0.6) is 5.75 Å². The molecule has 0 spiro atoms. The second-order valence-corrected chi connectivity index (χ2v) is 4.50. The molecular weight excluding hydrogens is 246 g/mol. The van der Waals surface area contributed by atoms with Crippen LogP contribution in [0.25, 0.3) is 0 Å². The van der Waals surface area contributed by atoms with E-state index in [4.69, 9.17) is 4.74 Å². The van der Waals surface area contributed by atoms with E-state index in [2.05, 4.69) is 10.1 Å². The lowest BCUT2D eigenvalue weighted by Gasteiger charge is -2.13. The van der Waals surface area contributed by atoms with E-state index >= 15 is 0 Å². The van der Waals surface area contributed by atoms with Gasteiger partial charge in [0.2, 0.25) is 5.91 Å². The number of amides is 1. The summed E-state index contributed by atoms with van der Waals surface area (Å²) in [4.78, 5) is 22.6. The zero-order valence-electron chi connectivity index (χ0n) is 11.4. The summed E-state index contributed by atoms with van der Waals surface area (Å²) in [6.07, 6.45) is -0.311. The van der Waals surface area contributed by atoms with Gasteiger partial charge in [0, 0.05) is 0 Å². The fourth-order valence-electron chi connectivity index (χ4n) is 1.35. The number of esters is 1. The predicted molar refractivity (Wildman–Crippen MR) is 72.0 cm³/mol. The molecule has 0 heterocycles. The number of carbonyl (C=O) groups is 2. The molecule has 1 aromatic rings. The molecular formula is C14H19NO4. The van der Waals surface area contributed by atoms with Crippen LogP contribution in [0.3, 0.4) is 0 Å². The topological polar surface area (TPSA) is 64.6 Å². The molecule has 1 rings (SSSR count). The van der Waals surface area contributed by atoms with Crippen molar-refractivity contribution in [1.82, 2.24) is 0 Å². The molecule has 5 heteroatoms. The van der Waals surface area contributed by atoms with Crippen LogP contribution in [0.4, 0.5) is 5.69 Å². The number of carbonyl (C=O) groups excluding carboxylic acids is 2. The van der Waals surface area contributed by atoms with Crippen molar-refractivity contribution in [2.24, 2.45) is 5.92 Å². The molecule has 1 aromatic carbocycles. The molecule has 0 saturated carbocycles. The van der Waals surface area contributed by atoms with Gasteiger partial charge < -0.3 is 14.8 Å². The van der Waals surface area contributed by atoms with Crippen LogP contribution < -0.4 is 10.1 Å². The average molecular weight is 265 g/mol. The summed E-state index contributed by atoms with van der Waals surface area (Å²) in [5.41, 5.74) is 0.553. The van der Waals surface area contributed by atoms with E-state index in [0.29, 0.717) is 24.0 Å². The normalized spacial score (nSPS) is 10.1. The molecule has 0 fully saturated rings. The lowest BCUT2D eigenvalue weighted by atomic mass is 10.2. The van der Waals surface area contributed by atoms with Gasteiger partial charge in [0.05, 0.1) is 19.4 Å². The van der Waals surface area contributed by atoms with Gasteiger partial charge in [-0.2, -0.15) is 0 Å². The number of anilines is 1. The highest BCUT2D eigenvalue weighted by Gasteiger charge is 2.12. The molecule has 1 amide bonds. The Morgan fingerprint density at radius 3 is 2.58 bits per heavy atom. The minimum atomic E-state index is -0.571. The molecule has 104 valence electrons. The Labute approximate surface area is 112 Å². The van der Waals surface area contributed by atoms with Crippen molar-refractivity contribution in [3.8, 4) is 5.75 Å². The summed E-state index contributed by atoms with van der Waals surface area (Å²) < 4.78 is 10.0. The van der Waals surface area contributed by atoms with Gasteiger partial charge in [-0.15, -0.1) is 0 Å². The van der Waals surface area contributed by atoms with Gasteiger partial charge in [0.25, 0.3) is 0 Å². The minimum Gasteiger partial charge on any atom is -0.491 e. The molecule has 0 bridgehead atoms. The molecule has 0 aliphatic rings. The number of nitrogens with one attached hydrogen (secondary N) is 1. The van der Waals surface area contributed by atoms with Crippen LogP contribution in [0.15, 0.2) is 24.3 Å². The number of hydrogen-bond acceptors (Lipinski definition) is 4. The maximum absolute atomic E-state index is 11.6. The monoisotopic (exact) mass is 265 g/mol. The third-order valence-corrected chi connectivity index (χ3v) is 2.27. The van der Waals surface area contributed by atoms with Crippen molar-refractivity contribution in [3.05, 3.63) is 24.3 Å². The van der Waals surface area contributed by atoms with Crippen LogP contribution in [0, 0.1) is 5.92 Å². The minimum absolute atomic E-state index is 0.311. The fraction of sp³-hybridized carbons (Fsp3) is 0.429. The first-order valence-electron chi connectivity index (χ1n) is 6.11. The molecule has 0 saturated heterocycles. The standard InChI is InChI=1S/C14H19NO4/c1-10(2)9-19-12-7-5-4-6-11(12)15-13(16)8-14(17)18-3/h4-7,10H,8-9H2,1-3H3,(H,15,16). The summed E-state index contributed by atoms with van der Waals surface area (Å²) in [5, 5.41) is 2.63. The predicted octanol–water partition coefficient (Wildman–Crippen LogP) is 2.22. The number of para-hydroxylation sites is 2. The van der Waals surface area contributed by atoms with E-state index in [1.165, 1.54) is 7.11 Å². The van der Waals surface area contributed by atoms with E-state index in [9.17, 15) is 9.59 Å². The second kappa shape index (κ2) is 7.41. The first kappa shape index (κ1) is 15.0. The van der Waals surface area contributed by atoms with Gasteiger partial charge in [-0.1, -0.05) is 26.0 Å². The molecule has 0 radical (unpaired) electrons. The Kier molecular flexibility index (Phi) is 5.85. The Morgan fingerprint density at radius 2 is 1.95 bits per heavy atom. The van der Waals surface area contributed by atoms with Gasteiger partial charge in [0.1, 0.15) is 12.2 Å². The summed E-state index contributed by atoms with van der Waals surface area (Å²) in [6, 6.07) is 7.11. The maximum atomic E-state index is 11.6.